The average molecular weight is 451 g/mol. The van der Waals surface area contributed by atoms with Crippen LogP contribution in [0.1, 0.15) is 48.1 Å². The van der Waals surface area contributed by atoms with Crippen LogP contribution in [0.4, 0.5) is 8.78 Å². The number of aryl methyl sites for hydroxylation is 2. The van der Waals surface area contributed by atoms with Crippen LogP contribution in [0.25, 0.3) is 0 Å². The van der Waals surface area contributed by atoms with Crippen LogP contribution in [0.15, 0.2) is 36.4 Å². The zero-order chi connectivity index (χ0) is 22.4. The van der Waals surface area contributed by atoms with Crippen molar-refractivity contribution in [3.8, 4) is 0 Å². The first-order chi connectivity index (χ1) is 14.9. The minimum Gasteiger partial charge on any atom is -0.390 e. The number of carbonyl (C=O) groups is 1. The molecule has 168 valence electrons. The molecule has 1 aliphatic rings. The maximum absolute atomic E-state index is 13.6. The Morgan fingerprint density at radius 2 is 1.94 bits per heavy atom. The van der Waals surface area contributed by atoms with Crippen molar-refractivity contribution in [3.63, 3.8) is 0 Å². The van der Waals surface area contributed by atoms with Crippen molar-refractivity contribution >= 4 is 17.5 Å². The molecule has 3 atom stereocenters. The van der Waals surface area contributed by atoms with E-state index in [2.05, 4.69) is 35.8 Å². The molecule has 0 saturated heterocycles. The number of alkyl halides is 1. The molecule has 3 N–H and O–H groups in total. The third-order valence-electron chi connectivity index (χ3n) is 5.82. The van der Waals surface area contributed by atoms with Crippen LogP contribution in [0.5, 0.6) is 0 Å². The van der Waals surface area contributed by atoms with Gasteiger partial charge in [-0.05, 0) is 66.5 Å². The van der Waals surface area contributed by atoms with E-state index in [1.807, 2.05) is 0 Å². The highest BCUT2D eigenvalue weighted by atomic mass is 35.5. The molecule has 0 heterocycles. The second kappa shape index (κ2) is 11.0. The van der Waals surface area contributed by atoms with Crippen molar-refractivity contribution in [1.82, 2.24) is 10.6 Å². The number of benzene rings is 2. The van der Waals surface area contributed by atoms with Gasteiger partial charge in [-0.25, -0.2) is 8.78 Å². The molecule has 2 aromatic rings. The van der Waals surface area contributed by atoms with E-state index in [4.69, 9.17) is 11.6 Å². The largest absolute Gasteiger partial charge is 0.390 e. The van der Waals surface area contributed by atoms with Crippen molar-refractivity contribution in [2.24, 2.45) is 0 Å². The number of rotatable bonds is 9. The van der Waals surface area contributed by atoms with Crippen LogP contribution in [-0.2, 0) is 24.1 Å². The topological polar surface area (TPSA) is 61.4 Å². The maximum Gasteiger partial charge on any atom is 0.235 e. The molecule has 0 aliphatic heterocycles. The van der Waals surface area contributed by atoms with Crippen molar-refractivity contribution in [2.75, 3.05) is 12.4 Å². The first-order valence-electron chi connectivity index (χ1n) is 10.7. The number of nitrogens with one attached hydrogen (secondary N) is 2. The van der Waals surface area contributed by atoms with Crippen molar-refractivity contribution in [3.05, 3.63) is 70.3 Å². The van der Waals surface area contributed by atoms with Crippen molar-refractivity contribution in [2.45, 2.75) is 57.2 Å². The SMILES string of the molecule is CCc1ccc2c(c1)C(NCC(O)C(Cc1cc(F)cc(F)c1)NC(=O)CCl)CCC2. The van der Waals surface area contributed by atoms with Crippen molar-refractivity contribution in [1.29, 1.82) is 0 Å². The quantitative estimate of drug-likeness (QED) is 0.509. The van der Waals surface area contributed by atoms with E-state index in [0.717, 1.165) is 31.7 Å². The molecule has 3 rings (SSSR count). The summed E-state index contributed by atoms with van der Waals surface area (Å²) in [4.78, 5) is 11.9. The summed E-state index contributed by atoms with van der Waals surface area (Å²) in [5.74, 6) is -2.10. The number of fused-ring (bicyclic) bond motifs is 1. The van der Waals surface area contributed by atoms with Gasteiger partial charge < -0.3 is 15.7 Å². The van der Waals surface area contributed by atoms with Gasteiger partial charge in [0.2, 0.25) is 5.91 Å². The average Bonchev–Trinajstić information content (AvgIpc) is 2.75. The molecule has 1 amide bonds. The monoisotopic (exact) mass is 450 g/mol. The van der Waals surface area contributed by atoms with Crippen molar-refractivity contribution < 1.29 is 18.7 Å². The maximum atomic E-state index is 13.6. The fraction of sp³-hybridized carbons (Fsp3) is 0.458. The number of hydrogen-bond donors (Lipinski definition) is 3. The number of halogens is 3. The molecule has 0 aromatic heterocycles. The van der Waals surface area contributed by atoms with Crippen LogP contribution < -0.4 is 10.6 Å². The number of carbonyl (C=O) groups excluding carboxylic acids is 1. The van der Waals surface area contributed by atoms with Crippen LogP contribution in [0.3, 0.4) is 0 Å². The Labute approximate surface area is 187 Å². The van der Waals surface area contributed by atoms with Gasteiger partial charge in [0.15, 0.2) is 0 Å². The lowest BCUT2D eigenvalue weighted by atomic mass is 9.86. The van der Waals surface area contributed by atoms with E-state index in [0.29, 0.717) is 5.56 Å². The number of aliphatic hydroxyl groups is 1. The van der Waals surface area contributed by atoms with E-state index < -0.39 is 29.7 Å². The van der Waals surface area contributed by atoms with E-state index in [1.54, 1.807) is 0 Å². The summed E-state index contributed by atoms with van der Waals surface area (Å²) in [5, 5.41) is 16.9. The Balaban J connectivity index is 1.70. The predicted octanol–water partition coefficient (Wildman–Crippen LogP) is 3.82. The summed E-state index contributed by atoms with van der Waals surface area (Å²) in [6, 6.07) is 9.14. The standard InChI is InChI=1S/C24H29ClF2N2O2/c1-2-15-6-7-17-4-3-5-21(20(17)10-15)28-14-23(30)22(29-24(31)13-25)11-16-8-18(26)12-19(27)9-16/h6-10,12,21-23,28,30H,2-5,11,13-14H2,1H3,(H,29,31). The number of amides is 1. The van der Waals surface area contributed by atoms with Crippen LogP contribution in [-0.4, -0.2) is 35.6 Å². The summed E-state index contributed by atoms with van der Waals surface area (Å²) >= 11 is 5.61. The summed E-state index contributed by atoms with van der Waals surface area (Å²) in [6.07, 6.45) is 3.14. The smallest absolute Gasteiger partial charge is 0.235 e. The summed E-state index contributed by atoms with van der Waals surface area (Å²) in [5.41, 5.74) is 4.20. The predicted molar refractivity (Wildman–Crippen MR) is 118 cm³/mol. The third kappa shape index (κ3) is 6.48. The Hall–Kier alpha value is -2.02. The summed E-state index contributed by atoms with van der Waals surface area (Å²) in [6.45, 7) is 2.35. The fourth-order valence-electron chi connectivity index (χ4n) is 4.20. The molecule has 3 unspecified atom stereocenters. The summed E-state index contributed by atoms with van der Waals surface area (Å²) in [7, 11) is 0. The number of hydrogen-bond acceptors (Lipinski definition) is 3. The van der Waals surface area contributed by atoms with Crippen LogP contribution >= 0.6 is 11.6 Å². The van der Waals surface area contributed by atoms with E-state index in [1.165, 1.54) is 28.8 Å². The Kier molecular flexibility index (Phi) is 8.41. The molecule has 0 bridgehead atoms. The van der Waals surface area contributed by atoms with Gasteiger partial charge in [-0.3, -0.25) is 4.79 Å². The highest BCUT2D eigenvalue weighted by Gasteiger charge is 2.25. The molecule has 0 radical (unpaired) electrons. The second-order valence-corrected chi connectivity index (χ2v) is 8.36. The molecule has 31 heavy (non-hydrogen) atoms. The minimum atomic E-state index is -0.960. The van der Waals surface area contributed by atoms with Gasteiger partial charge in [0.25, 0.3) is 0 Å². The molecule has 7 heteroatoms. The van der Waals surface area contributed by atoms with Gasteiger partial charge in [0, 0.05) is 18.7 Å². The molecular weight excluding hydrogens is 422 g/mol. The molecule has 2 aromatic carbocycles. The molecule has 4 nitrogen and oxygen atoms in total. The van der Waals surface area contributed by atoms with E-state index in [-0.39, 0.29) is 24.9 Å². The van der Waals surface area contributed by atoms with Gasteiger partial charge in [0.05, 0.1) is 12.1 Å². The lowest BCUT2D eigenvalue weighted by molar-refractivity contribution is -0.120. The van der Waals surface area contributed by atoms with E-state index in [9.17, 15) is 18.7 Å². The lowest BCUT2D eigenvalue weighted by Gasteiger charge is -2.30. The zero-order valence-corrected chi connectivity index (χ0v) is 18.4. The molecule has 0 fully saturated rings. The Morgan fingerprint density at radius 1 is 1.19 bits per heavy atom. The zero-order valence-electron chi connectivity index (χ0n) is 17.6. The van der Waals surface area contributed by atoms with Gasteiger partial charge in [-0.1, -0.05) is 25.1 Å². The highest BCUT2D eigenvalue weighted by molar-refractivity contribution is 6.27. The Morgan fingerprint density at radius 3 is 2.61 bits per heavy atom. The first-order valence-corrected chi connectivity index (χ1v) is 11.3. The minimum absolute atomic E-state index is 0.0847. The van der Waals surface area contributed by atoms with Gasteiger partial charge >= 0.3 is 0 Å². The van der Waals surface area contributed by atoms with Crippen LogP contribution in [0, 0.1) is 11.6 Å². The first kappa shape index (κ1) is 23.6. The molecular formula is C24H29ClF2N2O2. The lowest BCUT2D eigenvalue weighted by Crippen LogP contribution is -2.49. The number of aliphatic hydroxyl groups excluding tert-OH is 1. The van der Waals surface area contributed by atoms with Gasteiger partial charge in [-0.2, -0.15) is 0 Å². The van der Waals surface area contributed by atoms with Gasteiger partial charge in [-0.15, -0.1) is 11.6 Å². The highest BCUT2D eigenvalue weighted by Crippen LogP contribution is 2.30. The molecule has 1 aliphatic carbocycles. The van der Waals surface area contributed by atoms with Gasteiger partial charge in [0.1, 0.15) is 17.5 Å². The second-order valence-electron chi connectivity index (χ2n) is 8.10. The summed E-state index contributed by atoms with van der Waals surface area (Å²) < 4.78 is 27.2. The van der Waals surface area contributed by atoms with E-state index >= 15 is 0 Å². The normalized spacial score (nSPS) is 17.6. The van der Waals surface area contributed by atoms with Crippen LogP contribution in [0.2, 0.25) is 0 Å². The molecule has 0 saturated carbocycles. The fourth-order valence-corrected chi connectivity index (χ4v) is 4.27. The Bertz CT molecular complexity index is 889. The molecule has 0 spiro atoms. The third-order valence-corrected chi connectivity index (χ3v) is 6.06.